The molecule has 2 aromatic heterocycles. The Labute approximate surface area is 183 Å². The number of ether oxygens (including phenoxy) is 2. The first-order chi connectivity index (χ1) is 15.1. The zero-order valence-corrected chi connectivity index (χ0v) is 18.0. The monoisotopic (exact) mass is 439 g/mol. The molecule has 0 bridgehead atoms. The first-order valence-electron chi connectivity index (χ1n) is 10.1. The van der Waals surface area contributed by atoms with Crippen LogP contribution < -0.4 is 20.1 Å². The third-order valence-electron chi connectivity index (χ3n) is 5.97. The van der Waals surface area contributed by atoms with Gasteiger partial charge in [0, 0.05) is 29.9 Å². The number of nitrogens with one attached hydrogen (secondary N) is 1. The molecule has 0 aliphatic carbocycles. The van der Waals surface area contributed by atoms with Crippen molar-refractivity contribution in [3.05, 3.63) is 52.0 Å². The number of imidazole rings is 1. The summed E-state index contributed by atoms with van der Waals surface area (Å²) in [5, 5.41) is 10.5. The van der Waals surface area contributed by atoms with Crippen molar-refractivity contribution in [2.75, 3.05) is 32.2 Å². The quantitative estimate of drug-likeness (QED) is 0.520. The van der Waals surface area contributed by atoms with Crippen LogP contribution in [0.25, 0.3) is 21.8 Å². The molecule has 0 radical (unpaired) electrons. The summed E-state index contributed by atoms with van der Waals surface area (Å²) in [5.74, 6) is 1.96. The molecule has 0 amide bonds. The minimum absolute atomic E-state index is 0.0618. The number of fused-ring (bicyclic) bond motifs is 2. The van der Waals surface area contributed by atoms with Crippen molar-refractivity contribution in [2.45, 2.75) is 18.9 Å². The molecule has 1 fully saturated rings. The summed E-state index contributed by atoms with van der Waals surface area (Å²) >= 11 is 6.33. The Kier molecular flexibility index (Phi) is 4.94. The van der Waals surface area contributed by atoms with E-state index in [1.165, 1.54) is 0 Å². The summed E-state index contributed by atoms with van der Waals surface area (Å²) in [6.07, 6.45) is 1.64. The van der Waals surface area contributed by atoms with E-state index < -0.39 is 0 Å². The molecule has 1 N–H and O–H groups in total. The number of aromatic amines is 1. The second-order valence-electron chi connectivity index (χ2n) is 7.60. The van der Waals surface area contributed by atoms with Gasteiger partial charge in [-0.1, -0.05) is 23.7 Å². The number of piperidine rings is 1. The summed E-state index contributed by atoms with van der Waals surface area (Å²) in [6, 6.07) is 11.6. The number of hydrogen-bond acceptors (Lipinski definition) is 6. The van der Waals surface area contributed by atoms with E-state index in [0.29, 0.717) is 16.7 Å². The van der Waals surface area contributed by atoms with E-state index in [4.69, 9.17) is 21.1 Å². The van der Waals surface area contributed by atoms with Crippen molar-refractivity contribution < 1.29 is 9.47 Å². The maximum absolute atomic E-state index is 12.6. The molecule has 9 heteroatoms. The number of rotatable bonds is 4. The first-order valence-corrected chi connectivity index (χ1v) is 10.5. The van der Waals surface area contributed by atoms with E-state index >= 15 is 0 Å². The summed E-state index contributed by atoms with van der Waals surface area (Å²) in [7, 11) is 3.19. The molecule has 0 atom stereocenters. The van der Waals surface area contributed by atoms with Gasteiger partial charge in [-0.15, -0.1) is 10.2 Å². The number of para-hydroxylation sites is 2. The SMILES string of the molecule is COc1cc2c(Cl)nnc(N3CCC(n4c(=O)[nH]c5ccccc54)CC3)c2cc1OC. The van der Waals surface area contributed by atoms with E-state index in [1.54, 1.807) is 14.2 Å². The van der Waals surface area contributed by atoms with Crippen LogP contribution in [0, 0.1) is 0 Å². The fourth-order valence-corrected chi connectivity index (χ4v) is 4.63. The predicted octanol–water partition coefficient (Wildman–Crippen LogP) is 3.78. The maximum atomic E-state index is 12.6. The topological polar surface area (TPSA) is 85.3 Å². The van der Waals surface area contributed by atoms with Crippen LogP contribution in [0.4, 0.5) is 5.82 Å². The van der Waals surface area contributed by atoms with Gasteiger partial charge in [-0.05, 0) is 37.1 Å². The fourth-order valence-electron chi connectivity index (χ4n) is 4.44. The Hall–Kier alpha value is -3.26. The third kappa shape index (κ3) is 3.27. The van der Waals surface area contributed by atoms with Crippen molar-refractivity contribution in [1.29, 1.82) is 0 Å². The molecule has 4 aromatic rings. The van der Waals surface area contributed by atoms with E-state index in [-0.39, 0.29) is 11.7 Å². The maximum Gasteiger partial charge on any atom is 0.326 e. The minimum atomic E-state index is -0.0618. The number of benzene rings is 2. The number of halogens is 1. The summed E-state index contributed by atoms with van der Waals surface area (Å²) in [4.78, 5) is 17.7. The summed E-state index contributed by atoms with van der Waals surface area (Å²) in [5.41, 5.74) is 1.75. The number of methoxy groups -OCH3 is 2. The van der Waals surface area contributed by atoms with Gasteiger partial charge < -0.3 is 19.4 Å². The van der Waals surface area contributed by atoms with Crippen LogP contribution in [0.5, 0.6) is 11.5 Å². The highest BCUT2D eigenvalue weighted by Crippen LogP contribution is 2.39. The standard InChI is InChI=1S/C22H22ClN5O3/c1-30-18-11-14-15(12-19(18)31-2)21(26-25-20(14)23)27-9-7-13(8-10-27)28-17-6-4-3-5-16(17)24-22(28)29/h3-6,11-13H,7-10H2,1-2H3,(H,24,29). The predicted molar refractivity (Wildman–Crippen MR) is 121 cm³/mol. The Morgan fingerprint density at radius 3 is 2.42 bits per heavy atom. The lowest BCUT2D eigenvalue weighted by Gasteiger charge is -2.33. The Balaban J connectivity index is 1.47. The molecule has 0 saturated carbocycles. The van der Waals surface area contributed by atoms with Crippen LogP contribution in [0.1, 0.15) is 18.9 Å². The average molecular weight is 440 g/mol. The zero-order valence-electron chi connectivity index (χ0n) is 17.3. The van der Waals surface area contributed by atoms with Crippen molar-refractivity contribution in [2.24, 2.45) is 0 Å². The number of aromatic nitrogens is 4. The number of H-pyrrole nitrogens is 1. The van der Waals surface area contributed by atoms with Crippen molar-refractivity contribution in [1.82, 2.24) is 19.7 Å². The normalized spacial score (nSPS) is 15.0. The molecule has 1 saturated heterocycles. The number of hydrogen-bond donors (Lipinski definition) is 1. The van der Waals surface area contributed by atoms with E-state index in [1.807, 2.05) is 41.0 Å². The van der Waals surface area contributed by atoms with Crippen LogP contribution in [0.2, 0.25) is 5.15 Å². The van der Waals surface area contributed by atoms with Crippen molar-refractivity contribution >= 4 is 39.2 Å². The molecule has 0 spiro atoms. The molecule has 1 aliphatic rings. The van der Waals surface area contributed by atoms with Gasteiger partial charge in [-0.2, -0.15) is 0 Å². The van der Waals surface area contributed by atoms with Crippen molar-refractivity contribution in [3.63, 3.8) is 0 Å². The number of nitrogens with zero attached hydrogens (tertiary/aromatic N) is 4. The van der Waals surface area contributed by atoms with Gasteiger partial charge >= 0.3 is 5.69 Å². The largest absolute Gasteiger partial charge is 0.493 e. The van der Waals surface area contributed by atoms with Gasteiger partial charge in [-0.25, -0.2) is 4.79 Å². The third-order valence-corrected chi connectivity index (χ3v) is 6.25. The van der Waals surface area contributed by atoms with Gasteiger partial charge in [0.2, 0.25) is 0 Å². The van der Waals surface area contributed by atoms with Crippen LogP contribution in [-0.2, 0) is 0 Å². The Bertz CT molecular complexity index is 1320. The van der Waals surface area contributed by atoms with Crippen LogP contribution in [0.3, 0.4) is 0 Å². The van der Waals surface area contributed by atoms with Crippen LogP contribution >= 0.6 is 11.6 Å². The highest BCUT2D eigenvalue weighted by atomic mass is 35.5. The molecular weight excluding hydrogens is 418 g/mol. The lowest BCUT2D eigenvalue weighted by molar-refractivity contribution is 0.356. The van der Waals surface area contributed by atoms with Gasteiger partial charge in [0.25, 0.3) is 0 Å². The molecule has 0 unspecified atom stereocenters. The summed E-state index contributed by atoms with van der Waals surface area (Å²) in [6.45, 7) is 1.49. The highest BCUT2D eigenvalue weighted by molar-refractivity contribution is 6.34. The van der Waals surface area contributed by atoms with E-state index in [9.17, 15) is 4.79 Å². The Morgan fingerprint density at radius 2 is 1.71 bits per heavy atom. The van der Waals surface area contributed by atoms with Crippen molar-refractivity contribution in [3.8, 4) is 11.5 Å². The molecule has 31 heavy (non-hydrogen) atoms. The molecule has 3 heterocycles. The number of anilines is 1. The highest BCUT2D eigenvalue weighted by Gasteiger charge is 2.26. The zero-order chi connectivity index (χ0) is 21.5. The Morgan fingerprint density at radius 1 is 1.03 bits per heavy atom. The molecule has 8 nitrogen and oxygen atoms in total. The van der Waals surface area contributed by atoms with Gasteiger partial charge in [0.15, 0.2) is 22.5 Å². The summed E-state index contributed by atoms with van der Waals surface area (Å²) < 4.78 is 12.8. The van der Waals surface area contributed by atoms with Crippen LogP contribution in [0.15, 0.2) is 41.2 Å². The van der Waals surface area contributed by atoms with Gasteiger partial charge in [-0.3, -0.25) is 4.57 Å². The minimum Gasteiger partial charge on any atom is -0.493 e. The van der Waals surface area contributed by atoms with Gasteiger partial charge in [0.05, 0.1) is 25.3 Å². The van der Waals surface area contributed by atoms with E-state index in [2.05, 4.69) is 20.1 Å². The fraction of sp³-hybridized carbons (Fsp3) is 0.318. The lowest BCUT2D eigenvalue weighted by Crippen LogP contribution is -2.37. The average Bonchev–Trinajstić information content (AvgIpc) is 3.14. The molecule has 1 aliphatic heterocycles. The molecule has 5 rings (SSSR count). The molecule has 2 aromatic carbocycles. The molecule has 160 valence electrons. The van der Waals surface area contributed by atoms with E-state index in [0.717, 1.165) is 53.6 Å². The van der Waals surface area contributed by atoms with Crippen LogP contribution in [-0.4, -0.2) is 47.1 Å². The molecular formula is C22H22ClN5O3. The second kappa shape index (κ2) is 7.77. The smallest absolute Gasteiger partial charge is 0.326 e. The first kappa shape index (κ1) is 19.7. The van der Waals surface area contributed by atoms with Gasteiger partial charge in [0.1, 0.15) is 0 Å². The second-order valence-corrected chi connectivity index (χ2v) is 7.96. The lowest BCUT2D eigenvalue weighted by atomic mass is 10.0.